The highest BCUT2D eigenvalue weighted by molar-refractivity contribution is 7.80. The Bertz CT molecular complexity index is 1050. The molecule has 3 rings (SSSR count). The van der Waals surface area contributed by atoms with Crippen LogP contribution in [0.3, 0.4) is 0 Å². The zero-order valence-electron chi connectivity index (χ0n) is 16.6. The van der Waals surface area contributed by atoms with E-state index in [0.717, 1.165) is 16.7 Å². The molecule has 3 aromatic rings. The molecule has 0 atom stereocenters. The van der Waals surface area contributed by atoms with Crippen LogP contribution in [0.4, 0.5) is 5.69 Å². The SMILES string of the molecule is Cc1ccccc1CC(=O)NC(=S)Nc1ccccc1C(=O)NCc1ccccc1. The highest BCUT2D eigenvalue weighted by atomic mass is 32.1. The molecule has 0 aliphatic rings. The molecule has 5 nitrogen and oxygen atoms in total. The molecule has 0 bridgehead atoms. The van der Waals surface area contributed by atoms with Crippen molar-refractivity contribution in [3.63, 3.8) is 0 Å². The van der Waals surface area contributed by atoms with Crippen LogP contribution < -0.4 is 16.0 Å². The van der Waals surface area contributed by atoms with Crippen molar-refractivity contribution in [1.29, 1.82) is 0 Å². The van der Waals surface area contributed by atoms with E-state index in [-0.39, 0.29) is 23.3 Å². The maximum atomic E-state index is 12.6. The molecule has 6 heteroatoms. The minimum atomic E-state index is -0.226. The fourth-order valence-electron chi connectivity index (χ4n) is 2.97. The number of thiocarbonyl (C=S) groups is 1. The molecule has 0 saturated heterocycles. The predicted octanol–water partition coefficient (Wildman–Crippen LogP) is 3.98. The molecule has 152 valence electrons. The first-order valence-corrected chi connectivity index (χ1v) is 10.0. The van der Waals surface area contributed by atoms with E-state index in [9.17, 15) is 9.59 Å². The lowest BCUT2D eigenvalue weighted by Crippen LogP contribution is -2.36. The maximum absolute atomic E-state index is 12.6. The Labute approximate surface area is 181 Å². The van der Waals surface area contributed by atoms with Gasteiger partial charge >= 0.3 is 0 Å². The molecule has 0 radical (unpaired) electrons. The number of anilines is 1. The number of carbonyl (C=O) groups excluding carboxylic acids is 2. The first-order chi connectivity index (χ1) is 14.5. The van der Waals surface area contributed by atoms with Gasteiger partial charge < -0.3 is 16.0 Å². The summed E-state index contributed by atoms with van der Waals surface area (Å²) in [6.45, 7) is 2.38. The van der Waals surface area contributed by atoms with Crippen molar-refractivity contribution in [2.24, 2.45) is 0 Å². The fourth-order valence-corrected chi connectivity index (χ4v) is 3.19. The lowest BCUT2D eigenvalue weighted by molar-refractivity contribution is -0.119. The number of rotatable bonds is 6. The molecule has 0 saturated carbocycles. The molecule has 0 aliphatic heterocycles. The molecule has 0 heterocycles. The topological polar surface area (TPSA) is 70.2 Å². The summed E-state index contributed by atoms with van der Waals surface area (Å²) >= 11 is 5.27. The van der Waals surface area contributed by atoms with Crippen molar-refractivity contribution >= 4 is 34.8 Å². The smallest absolute Gasteiger partial charge is 0.253 e. The van der Waals surface area contributed by atoms with Gasteiger partial charge in [0.2, 0.25) is 5.91 Å². The Hall–Kier alpha value is -3.51. The van der Waals surface area contributed by atoms with Gasteiger partial charge in [-0.25, -0.2) is 0 Å². The summed E-state index contributed by atoms with van der Waals surface area (Å²) in [5.41, 5.74) is 3.98. The van der Waals surface area contributed by atoms with Gasteiger partial charge in [-0.3, -0.25) is 9.59 Å². The molecule has 0 unspecified atom stereocenters. The Morgan fingerprint density at radius 1 is 0.867 bits per heavy atom. The summed E-state index contributed by atoms with van der Waals surface area (Å²) in [7, 11) is 0. The first-order valence-electron chi connectivity index (χ1n) is 9.59. The van der Waals surface area contributed by atoms with Gasteiger partial charge in [-0.05, 0) is 48.0 Å². The summed E-state index contributed by atoms with van der Waals surface area (Å²) in [5, 5.41) is 8.69. The summed E-state index contributed by atoms with van der Waals surface area (Å²) in [5.74, 6) is -0.441. The average Bonchev–Trinajstić information content (AvgIpc) is 2.74. The van der Waals surface area contributed by atoms with Crippen molar-refractivity contribution in [2.45, 2.75) is 19.9 Å². The molecule has 3 N–H and O–H groups in total. The second kappa shape index (κ2) is 10.3. The number of nitrogens with one attached hydrogen (secondary N) is 3. The normalized spacial score (nSPS) is 10.2. The van der Waals surface area contributed by atoms with Crippen LogP contribution in [0.25, 0.3) is 0 Å². The number of para-hydroxylation sites is 1. The van der Waals surface area contributed by atoms with E-state index in [1.807, 2.05) is 61.5 Å². The van der Waals surface area contributed by atoms with Crippen LogP contribution in [0.1, 0.15) is 27.0 Å². The standard InChI is InChI=1S/C24H23N3O2S/c1-17-9-5-6-12-19(17)15-22(28)27-24(30)26-21-14-8-7-13-20(21)23(29)25-16-18-10-3-2-4-11-18/h2-14H,15-16H2,1H3,(H,25,29)(H2,26,27,28,30). The molecular weight excluding hydrogens is 394 g/mol. The minimum Gasteiger partial charge on any atom is -0.348 e. The van der Waals surface area contributed by atoms with Crippen LogP contribution in [0.15, 0.2) is 78.9 Å². The Kier molecular flexibility index (Phi) is 7.29. The van der Waals surface area contributed by atoms with Gasteiger partial charge in [-0.2, -0.15) is 0 Å². The number of benzene rings is 3. The van der Waals surface area contributed by atoms with Crippen molar-refractivity contribution in [2.75, 3.05) is 5.32 Å². The molecule has 30 heavy (non-hydrogen) atoms. The van der Waals surface area contributed by atoms with E-state index in [2.05, 4.69) is 16.0 Å². The van der Waals surface area contributed by atoms with E-state index < -0.39 is 0 Å². The van der Waals surface area contributed by atoms with E-state index >= 15 is 0 Å². The molecule has 2 amide bonds. The lowest BCUT2D eigenvalue weighted by atomic mass is 10.1. The van der Waals surface area contributed by atoms with Crippen LogP contribution in [0.5, 0.6) is 0 Å². The predicted molar refractivity (Wildman–Crippen MR) is 123 cm³/mol. The Balaban J connectivity index is 1.59. The van der Waals surface area contributed by atoms with Gasteiger partial charge in [0.05, 0.1) is 17.7 Å². The van der Waals surface area contributed by atoms with E-state index in [1.54, 1.807) is 24.3 Å². The van der Waals surface area contributed by atoms with E-state index in [1.165, 1.54) is 0 Å². The van der Waals surface area contributed by atoms with Crippen LogP contribution >= 0.6 is 12.2 Å². The summed E-state index contributed by atoms with van der Waals surface area (Å²) in [6, 6.07) is 24.4. The van der Waals surface area contributed by atoms with Crippen molar-refractivity contribution in [3.05, 3.63) is 101 Å². The number of hydrogen-bond donors (Lipinski definition) is 3. The molecular formula is C24H23N3O2S. The monoisotopic (exact) mass is 417 g/mol. The fraction of sp³-hybridized carbons (Fsp3) is 0.125. The third-order valence-electron chi connectivity index (χ3n) is 4.58. The van der Waals surface area contributed by atoms with Crippen molar-refractivity contribution in [1.82, 2.24) is 10.6 Å². The Morgan fingerprint density at radius 3 is 2.30 bits per heavy atom. The first kappa shape index (κ1) is 21.2. The van der Waals surface area contributed by atoms with E-state index in [4.69, 9.17) is 12.2 Å². The quantitative estimate of drug-likeness (QED) is 0.531. The molecule has 3 aromatic carbocycles. The number of hydrogen-bond acceptors (Lipinski definition) is 3. The lowest BCUT2D eigenvalue weighted by Gasteiger charge is -2.14. The maximum Gasteiger partial charge on any atom is 0.253 e. The van der Waals surface area contributed by atoms with Gasteiger partial charge in [0.25, 0.3) is 5.91 Å². The number of carbonyl (C=O) groups is 2. The van der Waals surface area contributed by atoms with Gasteiger partial charge in [0, 0.05) is 6.54 Å². The third kappa shape index (κ3) is 5.99. The van der Waals surface area contributed by atoms with Crippen molar-refractivity contribution < 1.29 is 9.59 Å². The highest BCUT2D eigenvalue weighted by Gasteiger charge is 2.13. The van der Waals surface area contributed by atoms with E-state index in [0.29, 0.717) is 17.8 Å². The summed E-state index contributed by atoms with van der Waals surface area (Å²) in [4.78, 5) is 25.0. The van der Waals surface area contributed by atoms with Crippen LogP contribution in [0.2, 0.25) is 0 Å². The number of amides is 2. The Morgan fingerprint density at radius 2 is 1.53 bits per heavy atom. The minimum absolute atomic E-state index is 0.150. The molecule has 0 spiro atoms. The van der Waals surface area contributed by atoms with Crippen LogP contribution in [0, 0.1) is 6.92 Å². The molecule has 0 aliphatic carbocycles. The number of aryl methyl sites for hydroxylation is 1. The summed E-state index contributed by atoms with van der Waals surface area (Å²) in [6.07, 6.45) is 0.230. The summed E-state index contributed by atoms with van der Waals surface area (Å²) < 4.78 is 0. The second-order valence-electron chi connectivity index (χ2n) is 6.82. The zero-order chi connectivity index (χ0) is 21.3. The van der Waals surface area contributed by atoms with Gasteiger partial charge in [-0.15, -0.1) is 0 Å². The zero-order valence-corrected chi connectivity index (χ0v) is 17.5. The van der Waals surface area contributed by atoms with Crippen molar-refractivity contribution in [3.8, 4) is 0 Å². The largest absolute Gasteiger partial charge is 0.348 e. The molecule has 0 aromatic heterocycles. The van der Waals surface area contributed by atoms with Gasteiger partial charge in [0.1, 0.15) is 0 Å². The third-order valence-corrected chi connectivity index (χ3v) is 4.79. The highest BCUT2D eigenvalue weighted by Crippen LogP contribution is 2.15. The van der Waals surface area contributed by atoms with Crippen LogP contribution in [-0.4, -0.2) is 16.9 Å². The molecule has 0 fully saturated rings. The van der Waals surface area contributed by atoms with Gasteiger partial charge in [0.15, 0.2) is 5.11 Å². The van der Waals surface area contributed by atoms with Gasteiger partial charge in [-0.1, -0.05) is 66.7 Å². The van der Waals surface area contributed by atoms with Crippen LogP contribution in [-0.2, 0) is 17.8 Å². The average molecular weight is 418 g/mol. The second-order valence-corrected chi connectivity index (χ2v) is 7.23.